The highest BCUT2D eigenvalue weighted by atomic mass is 31.1. The predicted molar refractivity (Wildman–Crippen MR) is 126 cm³/mol. The molecule has 188 valence electrons. The molecule has 13 heteroatoms. The molecule has 4 atom stereocenters. The van der Waals surface area contributed by atoms with Crippen LogP contribution in [-0.2, 0) is 23.4 Å². The van der Waals surface area contributed by atoms with E-state index in [2.05, 4.69) is 26.2 Å². The lowest BCUT2D eigenvalue weighted by Gasteiger charge is -2.26. The highest BCUT2D eigenvalue weighted by molar-refractivity contribution is 7.41. The van der Waals surface area contributed by atoms with Gasteiger partial charge in [-0.2, -0.15) is 0 Å². The van der Waals surface area contributed by atoms with Crippen molar-refractivity contribution in [3.63, 3.8) is 0 Å². The molecule has 1 saturated carbocycles. The van der Waals surface area contributed by atoms with Gasteiger partial charge in [-0.1, -0.05) is 5.92 Å². The first-order valence-corrected chi connectivity index (χ1v) is 12.5. The number of nitrogens with two attached hydrogens (primary N) is 1. The molecular weight excluding hydrogens is 475 g/mol. The average Bonchev–Trinajstić information content (AvgIpc) is 3.30. The van der Waals surface area contributed by atoms with Crippen molar-refractivity contribution in [1.82, 2.24) is 24.8 Å². The Balaban J connectivity index is 1.44. The molecule has 0 bridgehead atoms. The summed E-state index contributed by atoms with van der Waals surface area (Å²) in [6.07, 6.45) is 7.77. The van der Waals surface area contributed by atoms with Crippen LogP contribution in [0.2, 0.25) is 0 Å². The van der Waals surface area contributed by atoms with Crippen LogP contribution in [0.3, 0.4) is 0 Å². The summed E-state index contributed by atoms with van der Waals surface area (Å²) in [6.45, 7) is 6.57. The molecule has 12 nitrogen and oxygen atoms in total. The minimum atomic E-state index is -2.37. The zero-order valence-electron chi connectivity index (χ0n) is 20.1. The van der Waals surface area contributed by atoms with Gasteiger partial charge in [0.05, 0.1) is 12.4 Å². The van der Waals surface area contributed by atoms with Crippen LogP contribution >= 0.6 is 8.03 Å². The summed E-state index contributed by atoms with van der Waals surface area (Å²) in [7, 11) is -2.37. The van der Waals surface area contributed by atoms with E-state index in [9.17, 15) is 14.5 Å². The van der Waals surface area contributed by atoms with E-state index in [1.54, 1.807) is 32.3 Å². The molecule has 0 radical (unpaired) electrons. The number of ether oxygens (including phenoxy) is 2. The van der Waals surface area contributed by atoms with Crippen LogP contribution in [0.4, 0.5) is 5.82 Å². The maximum atomic E-state index is 13.1. The zero-order chi connectivity index (χ0) is 25.6. The Labute approximate surface area is 203 Å². The van der Waals surface area contributed by atoms with E-state index in [-0.39, 0.29) is 30.9 Å². The highest BCUT2D eigenvalue weighted by Gasteiger charge is 2.60. The van der Waals surface area contributed by atoms with E-state index in [0.29, 0.717) is 24.0 Å². The lowest BCUT2D eigenvalue weighted by molar-refractivity contribution is -0.151. The van der Waals surface area contributed by atoms with Gasteiger partial charge >= 0.3 is 14.0 Å². The van der Waals surface area contributed by atoms with Crippen LogP contribution in [0.25, 0.3) is 11.2 Å². The van der Waals surface area contributed by atoms with Crippen molar-refractivity contribution in [2.24, 2.45) is 0 Å². The Morgan fingerprint density at radius 2 is 2.17 bits per heavy atom. The third kappa shape index (κ3) is 4.75. The number of esters is 1. The molecule has 1 saturated heterocycles. The smallest absolute Gasteiger partial charge is 0.462 e. The second kappa shape index (κ2) is 9.08. The van der Waals surface area contributed by atoms with Gasteiger partial charge in [-0.25, -0.2) is 15.0 Å². The fourth-order valence-electron chi connectivity index (χ4n) is 4.08. The predicted octanol–water partition coefficient (Wildman–Crippen LogP) is 1.63. The standard InChI is InChI=1S/C22H30N6O6P/c1-6-22(10-32-35(31)20(4,5)27-21(7-8-21)19(30)33-13(2)3)14(29)9-15(34-22)28-12-26-16-17(23)24-11-25-18(16)28/h1,11-15,27,29H,7-10H2,2-5H3,(H2,23,24,25)/q+1/t14-,15+,22+/m0/s1. The van der Waals surface area contributed by atoms with Gasteiger partial charge in [0.15, 0.2) is 17.1 Å². The zero-order valence-corrected chi connectivity index (χ0v) is 21.0. The number of aliphatic hydroxyl groups is 1. The number of aromatic nitrogens is 4. The number of rotatable bonds is 9. The lowest BCUT2D eigenvalue weighted by Crippen LogP contribution is -2.51. The number of carbonyl (C=O) groups excluding carboxylic acids is 1. The van der Waals surface area contributed by atoms with Gasteiger partial charge < -0.3 is 20.3 Å². The van der Waals surface area contributed by atoms with Crippen LogP contribution in [0.5, 0.6) is 0 Å². The number of terminal acetylenes is 1. The van der Waals surface area contributed by atoms with Gasteiger partial charge in [-0.15, -0.1) is 10.9 Å². The molecule has 2 aliphatic rings. The van der Waals surface area contributed by atoms with Gasteiger partial charge in [0, 0.05) is 20.3 Å². The number of nitrogens with one attached hydrogen (secondary N) is 1. The Morgan fingerprint density at radius 1 is 1.46 bits per heavy atom. The van der Waals surface area contributed by atoms with Crippen LogP contribution in [-0.4, -0.2) is 65.8 Å². The summed E-state index contributed by atoms with van der Waals surface area (Å²) in [5.41, 5.74) is 4.26. The summed E-state index contributed by atoms with van der Waals surface area (Å²) in [5, 5.41) is 12.9. The average molecular weight is 505 g/mol. The first-order valence-electron chi connectivity index (χ1n) is 11.3. The number of imidazole rings is 1. The van der Waals surface area contributed by atoms with Crippen molar-refractivity contribution < 1.29 is 28.5 Å². The van der Waals surface area contributed by atoms with E-state index in [1.165, 1.54) is 12.7 Å². The maximum absolute atomic E-state index is 13.1. The Morgan fingerprint density at radius 3 is 2.80 bits per heavy atom. The summed E-state index contributed by atoms with van der Waals surface area (Å²) >= 11 is 0. The summed E-state index contributed by atoms with van der Waals surface area (Å²) in [5.74, 6) is 2.32. The number of hydrogen-bond acceptors (Lipinski definition) is 11. The van der Waals surface area contributed by atoms with E-state index >= 15 is 0 Å². The molecule has 2 aromatic heterocycles. The Kier molecular flexibility index (Phi) is 6.59. The Bertz CT molecular complexity index is 1190. The van der Waals surface area contributed by atoms with Gasteiger partial charge in [-0.3, -0.25) is 14.7 Å². The molecule has 0 aromatic carbocycles. The van der Waals surface area contributed by atoms with Gasteiger partial charge in [0.2, 0.25) is 5.28 Å². The molecule has 1 aliphatic heterocycles. The van der Waals surface area contributed by atoms with E-state index in [1.807, 2.05) is 0 Å². The molecule has 35 heavy (non-hydrogen) atoms. The van der Waals surface area contributed by atoms with Crippen molar-refractivity contribution in [3.05, 3.63) is 12.7 Å². The molecule has 2 fully saturated rings. The van der Waals surface area contributed by atoms with E-state index < -0.39 is 36.8 Å². The summed E-state index contributed by atoms with van der Waals surface area (Å²) in [6, 6.07) is 0. The second-order valence-electron chi connectivity index (χ2n) is 9.69. The molecule has 2 aromatic rings. The molecule has 4 N–H and O–H groups in total. The minimum Gasteiger partial charge on any atom is -0.462 e. The molecule has 0 amide bonds. The molecular formula is C22H30N6O6P+. The number of nitrogens with zero attached hydrogens (tertiary/aromatic N) is 4. The molecule has 4 rings (SSSR count). The topological polar surface area (TPSA) is 164 Å². The quantitative estimate of drug-likeness (QED) is 0.258. The minimum absolute atomic E-state index is 0.130. The van der Waals surface area contributed by atoms with Crippen LogP contribution < -0.4 is 11.1 Å². The third-order valence-electron chi connectivity index (χ3n) is 6.13. The molecule has 1 aliphatic carbocycles. The van der Waals surface area contributed by atoms with Gasteiger partial charge in [0.1, 0.15) is 36.3 Å². The van der Waals surface area contributed by atoms with Crippen LogP contribution in [0.1, 0.15) is 53.2 Å². The largest absolute Gasteiger partial charge is 0.530 e. The number of aliphatic hydroxyl groups excluding tert-OH is 1. The van der Waals surface area contributed by atoms with Crippen molar-refractivity contribution in [2.75, 3.05) is 12.3 Å². The summed E-state index contributed by atoms with van der Waals surface area (Å²) < 4.78 is 31.8. The molecule has 3 heterocycles. The van der Waals surface area contributed by atoms with Gasteiger partial charge in [-0.05, 0) is 31.3 Å². The summed E-state index contributed by atoms with van der Waals surface area (Å²) in [4.78, 5) is 24.8. The third-order valence-corrected chi connectivity index (χ3v) is 7.52. The number of carbonyl (C=O) groups is 1. The monoisotopic (exact) mass is 505 g/mol. The van der Waals surface area contributed by atoms with Crippen molar-refractivity contribution in [1.29, 1.82) is 0 Å². The van der Waals surface area contributed by atoms with E-state index in [0.717, 1.165) is 0 Å². The molecule has 0 spiro atoms. The maximum Gasteiger partial charge on any atom is 0.530 e. The van der Waals surface area contributed by atoms with Crippen molar-refractivity contribution >= 4 is 31.0 Å². The SMILES string of the molecule is C#C[C@]1(CO[P+](=O)C(C)(C)NC2(C(=O)OC(C)C)CC2)O[C@@H](n2cnc3c(N)ncnc32)C[C@@H]1O. The van der Waals surface area contributed by atoms with Crippen LogP contribution in [0.15, 0.2) is 12.7 Å². The first kappa shape index (κ1) is 25.4. The highest BCUT2D eigenvalue weighted by Crippen LogP contribution is 2.47. The van der Waals surface area contributed by atoms with Gasteiger partial charge in [0.25, 0.3) is 0 Å². The normalized spacial score (nSPS) is 26.0. The van der Waals surface area contributed by atoms with Crippen molar-refractivity contribution in [3.8, 4) is 12.3 Å². The van der Waals surface area contributed by atoms with Crippen molar-refractivity contribution in [2.45, 2.75) is 81.8 Å². The molecule has 1 unspecified atom stereocenters. The van der Waals surface area contributed by atoms with E-state index in [4.69, 9.17) is 26.2 Å². The lowest BCUT2D eigenvalue weighted by atomic mass is 9.99. The van der Waals surface area contributed by atoms with Crippen LogP contribution in [0, 0.1) is 12.3 Å². The number of nitrogen functional groups attached to an aromatic ring is 1. The number of fused-ring (bicyclic) bond motifs is 1. The number of hydrogen-bond donors (Lipinski definition) is 3. The second-order valence-corrected chi connectivity index (χ2v) is 11.6. The first-order chi connectivity index (χ1) is 16.4. The Hall–Kier alpha value is -2.68. The fourth-order valence-corrected chi connectivity index (χ4v) is 5.02. The fraction of sp³-hybridized carbons (Fsp3) is 0.636. The number of anilines is 1.